The van der Waals surface area contributed by atoms with Crippen LogP contribution in [0.4, 0.5) is 0 Å². The van der Waals surface area contributed by atoms with Gasteiger partial charge in [0.05, 0.1) is 13.2 Å². The van der Waals surface area contributed by atoms with Gasteiger partial charge in [-0.2, -0.15) is 0 Å². The summed E-state index contributed by atoms with van der Waals surface area (Å²) >= 11 is 0. The van der Waals surface area contributed by atoms with Crippen LogP contribution < -0.4 is 15.8 Å². The SMILES string of the molecule is COCC(N)C(=O)NCC(C)Oc1ccc(C)cc1. The van der Waals surface area contributed by atoms with Crippen molar-refractivity contribution in [1.82, 2.24) is 5.32 Å². The molecule has 0 saturated heterocycles. The van der Waals surface area contributed by atoms with Crippen molar-refractivity contribution in [3.63, 3.8) is 0 Å². The van der Waals surface area contributed by atoms with Gasteiger partial charge in [0.25, 0.3) is 0 Å². The summed E-state index contributed by atoms with van der Waals surface area (Å²) in [7, 11) is 1.51. The first-order valence-electron chi connectivity index (χ1n) is 6.28. The third-order valence-corrected chi connectivity index (χ3v) is 2.60. The van der Waals surface area contributed by atoms with E-state index in [0.717, 1.165) is 5.75 Å². The third kappa shape index (κ3) is 5.72. The zero-order valence-corrected chi connectivity index (χ0v) is 11.7. The van der Waals surface area contributed by atoms with Crippen LogP contribution in [0.15, 0.2) is 24.3 Å². The highest BCUT2D eigenvalue weighted by molar-refractivity contribution is 5.81. The van der Waals surface area contributed by atoms with Crippen molar-refractivity contribution in [3.8, 4) is 5.75 Å². The minimum absolute atomic E-state index is 0.124. The van der Waals surface area contributed by atoms with Crippen LogP contribution in [0.25, 0.3) is 0 Å². The van der Waals surface area contributed by atoms with E-state index in [1.807, 2.05) is 38.1 Å². The summed E-state index contributed by atoms with van der Waals surface area (Å²) in [5.41, 5.74) is 6.78. The lowest BCUT2D eigenvalue weighted by Crippen LogP contribution is -2.46. The van der Waals surface area contributed by atoms with Crippen LogP contribution in [0.1, 0.15) is 12.5 Å². The number of carbonyl (C=O) groups excluding carboxylic acids is 1. The molecule has 0 aliphatic rings. The molecule has 1 aromatic rings. The Hall–Kier alpha value is -1.59. The molecule has 0 saturated carbocycles. The molecule has 106 valence electrons. The maximum atomic E-state index is 11.6. The van der Waals surface area contributed by atoms with E-state index in [-0.39, 0.29) is 18.6 Å². The van der Waals surface area contributed by atoms with Gasteiger partial charge in [-0.1, -0.05) is 17.7 Å². The molecule has 19 heavy (non-hydrogen) atoms. The summed E-state index contributed by atoms with van der Waals surface area (Å²) in [6.07, 6.45) is -0.124. The molecule has 5 nitrogen and oxygen atoms in total. The van der Waals surface area contributed by atoms with Gasteiger partial charge in [0.15, 0.2) is 0 Å². The predicted octanol–water partition coefficient (Wildman–Crippen LogP) is 0.852. The molecule has 2 unspecified atom stereocenters. The minimum atomic E-state index is -0.642. The van der Waals surface area contributed by atoms with Gasteiger partial charge in [0.1, 0.15) is 17.9 Å². The highest BCUT2D eigenvalue weighted by Gasteiger charge is 2.14. The largest absolute Gasteiger partial charge is 0.489 e. The number of benzene rings is 1. The Balaban J connectivity index is 2.33. The first-order chi connectivity index (χ1) is 9.02. The van der Waals surface area contributed by atoms with Crippen molar-refractivity contribution in [2.24, 2.45) is 5.73 Å². The Morgan fingerprint density at radius 1 is 1.37 bits per heavy atom. The maximum Gasteiger partial charge on any atom is 0.239 e. The number of carbonyl (C=O) groups is 1. The number of methoxy groups -OCH3 is 1. The number of aryl methyl sites for hydroxylation is 1. The molecule has 0 aromatic heterocycles. The van der Waals surface area contributed by atoms with Crippen LogP contribution >= 0.6 is 0 Å². The first kappa shape index (κ1) is 15.5. The van der Waals surface area contributed by atoms with E-state index in [0.29, 0.717) is 6.54 Å². The smallest absolute Gasteiger partial charge is 0.239 e. The second-order valence-corrected chi connectivity index (χ2v) is 4.55. The van der Waals surface area contributed by atoms with Gasteiger partial charge in [-0.25, -0.2) is 0 Å². The number of hydrogen-bond donors (Lipinski definition) is 2. The van der Waals surface area contributed by atoms with Crippen molar-refractivity contribution in [2.75, 3.05) is 20.3 Å². The van der Waals surface area contributed by atoms with Crippen molar-refractivity contribution in [3.05, 3.63) is 29.8 Å². The molecule has 5 heteroatoms. The lowest BCUT2D eigenvalue weighted by Gasteiger charge is -2.17. The number of ether oxygens (including phenoxy) is 2. The van der Waals surface area contributed by atoms with E-state index < -0.39 is 6.04 Å². The van der Waals surface area contributed by atoms with Crippen LogP contribution in [0.5, 0.6) is 5.75 Å². The summed E-state index contributed by atoms with van der Waals surface area (Å²) in [6.45, 7) is 4.52. The Morgan fingerprint density at radius 2 is 2.00 bits per heavy atom. The van der Waals surface area contributed by atoms with Crippen molar-refractivity contribution >= 4 is 5.91 Å². The van der Waals surface area contributed by atoms with Crippen molar-refractivity contribution in [1.29, 1.82) is 0 Å². The molecule has 0 heterocycles. The molecule has 0 bridgehead atoms. The Bertz CT molecular complexity index is 392. The summed E-state index contributed by atoms with van der Waals surface area (Å²) in [4.78, 5) is 11.6. The minimum Gasteiger partial charge on any atom is -0.489 e. The van der Waals surface area contributed by atoms with Gasteiger partial charge in [0.2, 0.25) is 5.91 Å². The summed E-state index contributed by atoms with van der Waals surface area (Å²) in [5.74, 6) is 0.551. The van der Waals surface area contributed by atoms with Gasteiger partial charge in [-0.3, -0.25) is 4.79 Å². The molecule has 0 aliphatic carbocycles. The summed E-state index contributed by atoms with van der Waals surface area (Å²) < 4.78 is 10.5. The molecule has 3 N–H and O–H groups in total. The molecule has 0 fully saturated rings. The van der Waals surface area contributed by atoms with Crippen LogP contribution in [0.3, 0.4) is 0 Å². The van der Waals surface area contributed by atoms with E-state index in [2.05, 4.69) is 5.32 Å². The molecular formula is C14H22N2O3. The molecule has 0 radical (unpaired) electrons. The fourth-order valence-corrected chi connectivity index (χ4v) is 1.52. The average molecular weight is 266 g/mol. The number of amides is 1. The second kappa shape index (κ2) is 7.76. The van der Waals surface area contributed by atoms with Crippen molar-refractivity contribution in [2.45, 2.75) is 26.0 Å². The zero-order chi connectivity index (χ0) is 14.3. The quantitative estimate of drug-likeness (QED) is 0.767. The van der Waals surface area contributed by atoms with E-state index in [1.54, 1.807) is 0 Å². The maximum absolute atomic E-state index is 11.6. The molecule has 1 amide bonds. The van der Waals surface area contributed by atoms with Crippen LogP contribution in [0.2, 0.25) is 0 Å². The number of hydrogen-bond acceptors (Lipinski definition) is 4. The number of rotatable bonds is 7. The lowest BCUT2D eigenvalue weighted by molar-refractivity contribution is -0.123. The van der Waals surface area contributed by atoms with Crippen LogP contribution in [-0.4, -0.2) is 38.3 Å². The van der Waals surface area contributed by atoms with Gasteiger partial charge < -0.3 is 20.5 Å². The number of nitrogens with two attached hydrogens (primary N) is 1. The Kier molecular flexibility index (Phi) is 6.32. The van der Waals surface area contributed by atoms with E-state index in [1.165, 1.54) is 12.7 Å². The van der Waals surface area contributed by atoms with Crippen molar-refractivity contribution < 1.29 is 14.3 Å². The highest BCUT2D eigenvalue weighted by atomic mass is 16.5. The monoisotopic (exact) mass is 266 g/mol. The molecular weight excluding hydrogens is 244 g/mol. The van der Waals surface area contributed by atoms with E-state index >= 15 is 0 Å². The molecule has 0 spiro atoms. The second-order valence-electron chi connectivity index (χ2n) is 4.55. The van der Waals surface area contributed by atoms with E-state index in [4.69, 9.17) is 15.2 Å². The van der Waals surface area contributed by atoms with Gasteiger partial charge >= 0.3 is 0 Å². The molecule has 1 rings (SSSR count). The fraction of sp³-hybridized carbons (Fsp3) is 0.500. The summed E-state index contributed by atoms with van der Waals surface area (Å²) in [5, 5.41) is 2.73. The van der Waals surface area contributed by atoms with Gasteiger partial charge in [-0.05, 0) is 26.0 Å². The van der Waals surface area contributed by atoms with Crippen LogP contribution in [0, 0.1) is 6.92 Å². The standard InChI is InChI=1S/C14H22N2O3/c1-10-4-6-12(7-5-10)19-11(2)8-16-14(17)13(15)9-18-3/h4-7,11,13H,8-9,15H2,1-3H3,(H,16,17). The van der Waals surface area contributed by atoms with Gasteiger partial charge in [-0.15, -0.1) is 0 Å². The Labute approximate surface area is 114 Å². The zero-order valence-electron chi connectivity index (χ0n) is 11.7. The third-order valence-electron chi connectivity index (χ3n) is 2.60. The number of nitrogens with one attached hydrogen (secondary N) is 1. The van der Waals surface area contributed by atoms with E-state index in [9.17, 15) is 4.79 Å². The average Bonchev–Trinajstić information content (AvgIpc) is 2.39. The highest BCUT2D eigenvalue weighted by Crippen LogP contribution is 2.12. The first-order valence-corrected chi connectivity index (χ1v) is 6.28. The molecule has 0 aliphatic heterocycles. The van der Waals surface area contributed by atoms with Gasteiger partial charge in [0, 0.05) is 7.11 Å². The predicted molar refractivity (Wildman–Crippen MR) is 74.1 cm³/mol. The molecule has 1 aromatic carbocycles. The normalized spacial score (nSPS) is 13.7. The van der Waals surface area contributed by atoms with Crippen LogP contribution in [-0.2, 0) is 9.53 Å². The fourth-order valence-electron chi connectivity index (χ4n) is 1.52. The molecule has 2 atom stereocenters. The lowest BCUT2D eigenvalue weighted by atomic mass is 10.2. The Morgan fingerprint density at radius 3 is 2.58 bits per heavy atom. The topological polar surface area (TPSA) is 73.6 Å². The summed E-state index contributed by atoms with van der Waals surface area (Å²) in [6, 6.07) is 7.13.